The number of piperidine rings is 1. The van der Waals surface area contributed by atoms with Crippen LogP contribution in [0.15, 0.2) is 22.5 Å². The third-order valence-corrected chi connectivity index (χ3v) is 5.57. The molecule has 0 atom stereocenters. The number of nitrogens with two attached hydrogens (primary N) is 1. The third kappa shape index (κ3) is 3.07. The quantitative estimate of drug-likeness (QED) is 0.699. The zero-order valence-corrected chi connectivity index (χ0v) is 12.8. The van der Waals surface area contributed by atoms with Gasteiger partial charge in [-0.25, -0.2) is 4.98 Å². The Morgan fingerprint density at radius 2 is 2.15 bits per heavy atom. The molecule has 1 amide bonds. The molecule has 2 heterocycles. The van der Waals surface area contributed by atoms with E-state index < -0.39 is 0 Å². The maximum absolute atomic E-state index is 12.1. The fraction of sp³-hybridized carbons (Fsp3) is 0.429. The SMILES string of the molecule is Nc1ccc2nc(SCC(=O)N3CCCCC3)sc2c1. The van der Waals surface area contributed by atoms with E-state index in [4.69, 9.17) is 5.73 Å². The molecule has 0 aliphatic carbocycles. The lowest BCUT2D eigenvalue weighted by atomic mass is 10.1. The Bertz CT molecular complexity index is 620. The van der Waals surface area contributed by atoms with Crippen molar-refractivity contribution in [2.45, 2.75) is 23.6 Å². The van der Waals surface area contributed by atoms with E-state index in [1.807, 2.05) is 23.1 Å². The number of nitrogens with zero attached hydrogens (tertiary/aromatic N) is 2. The number of fused-ring (bicyclic) bond motifs is 1. The van der Waals surface area contributed by atoms with E-state index in [0.29, 0.717) is 5.75 Å². The molecule has 20 heavy (non-hydrogen) atoms. The predicted molar refractivity (Wildman–Crippen MR) is 85.2 cm³/mol. The number of hydrogen-bond donors (Lipinski definition) is 1. The molecular weight excluding hydrogens is 290 g/mol. The predicted octanol–water partition coefficient (Wildman–Crippen LogP) is 2.98. The molecule has 1 aliphatic rings. The van der Waals surface area contributed by atoms with Gasteiger partial charge < -0.3 is 10.6 Å². The number of carbonyl (C=O) groups excluding carboxylic acids is 1. The minimum Gasteiger partial charge on any atom is -0.399 e. The van der Waals surface area contributed by atoms with Gasteiger partial charge in [0.25, 0.3) is 0 Å². The first-order chi connectivity index (χ1) is 9.72. The monoisotopic (exact) mass is 307 g/mol. The van der Waals surface area contributed by atoms with Crippen LogP contribution >= 0.6 is 23.1 Å². The summed E-state index contributed by atoms with van der Waals surface area (Å²) in [6.45, 7) is 1.82. The highest BCUT2D eigenvalue weighted by Gasteiger charge is 2.17. The topological polar surface area (TPSA) is 59.2 Å². The normalized spacial score (nSPS) is 15.7. The lowest BCUT2D eigenvalue weighted by Crippen LogP contribution is -2.36. The van der Waals surface area contributed by atoms with Crippen molar-refractivity contribution in [2.24, 2.45) is 0 Å². The van der Waals surface area contributed by atoms with Gasteiger partial charge in [-0.2, -0.15) is 0 Å². The van der Waals surface area contributed by atoms with Crippen molar-refractivity contribution in [1.29, 1.82) is 0 Å². The highest BCUT2D eigenvalue weighted by atomic mass is 32.2. The van der Waals surface area contributed by atoms with E-state index in [1.54, 1.807) is 11.3 Å². The molecule has 1 aromatic carbocycles. The number of hydrogen-bond acceptors (Lipinski definition) is 5. The van der Waals surface area contributed by atoms with Crippen molar-refractivity contribution in [2.75, 3.05) is 24.6 Å². The third-order valence-electron chi connectivity index (χ3n) is 3.42. The van der Waals surface area contributed by atoms with E-state index >= 15 is 0 Å². The molecule has 0 unspecified atom stereocenters. The van der Waals surface area contributed by atoms with Crippen LogP contribution in [0.4, 0.5) is 5.69 Å². The number of anilines is 1. The molecule has 4 nitrogen and oxygen atoms in total. The van der Waals surface area contributed by atoms with Gasteiger partial charge in [-0.3, -0.25) is 4.79 Å². The Labute approximate surface area is 126 Å². The Kier molecular flexibility index (Phi) is 4.12. The summed E-state index contributed by atoms with van der Waals surface area (Å²) in [7, 11) is 0. The second-order valence-electron chi connectivity index (χ2n) is 4.94. The van der Waals surface area contributed by atoms with Crippen molar-refractivity contribution >= 4 is 44.9 Å². The number of amides is 1. The summed E-state index contributed by atoms with van der Waals surface area (Å²) in [6, 6.07) is 5.72. The summed E-state index contributed by atoms with van der Waals surface area (Å²) >= 11 is 3.13. The van der Waals surface area contributed by atoms with Gasteiger partial charge in [0.2, 0.25) is 5.91 Å². The van der Waals surface area contributed by atoms with Crippen LogP contribution in [0.2, 0.25) is 0 Å². The van der Waals surface area contributed by atoms with Gasteiger partial charge in [0, 0.05) is 18.8 Å². The fourth-order valence-electron chi connectivity index (χ4n) is 2.34. The second-order valence-corrected chi connectivity index (χ2v) is 7.19. The first kappa shape index (κ1) is 13.7. The smallest absolute Gasteiger partial charge is 0.233 e. The zero-order chi connectivity index (χ0) is 13.9. The molecule has 1 aliphatic heterocycles. The summed E-state index contributed by atoms with van der Waals surface area (Å²) < 4.78 is 2.02. The number of rotatable bonds is 3. The van der Waals surface area contributed by atoms with Crippen molar-refractivity contribution in [3.05, 3.63) is 18.2 Å². The second kappa shape index (κ2) is 6.01. The number of nitrogen functional groups attached to an aromatic ring is 1. The van der Waals surface area contributed by atoms with Crippen molar-refractivity contribution in [1.82, 2.24) is 9.88 Å². The van der Waals surface area contributed by atoms with E-state index in [2.05, 4.69) is 4.98 Å². The molecule has 2 N–H and O–H groups in total. The molecule has 1 aromatic heterocycles. The maximum Gasteiger partial charge on any atom is 0.233 e. The van der Waals surface area contributed by atoms with Gasteiger partial charge in [-0.1, -0.05) is 11.8 Å². The van der Waals surface area contributed by atoms with Crippen LogP contribution in [-0.2, 0) is 4.79 Å². The maximum atomic E-state index is 12.1. The summed E-state index contributed by atoms with van der Waals surface area (Å²) in [5.74, 6) is 0.712. The molecule has 106 valence electrons. The molecule has 1 fully saturated rings. The van der Waals surface area contributed by atoms with Gasteiger partial charge in [0.15, 0.2) is 4.34 Å². The van der Waals surface area contributed by atoms with Crippen molar-refractivity contribution < 1.29 is 4.79 Å². The van der Waals surface area contributed by atoms with Crippen LogP contribution in [0.3, 0.4) is 0 Å². The molecule has 0 saturated carbocycles. The first-order valence-corrected chi connectivity index (χ1v) is 8.59. The average molecular weight is 307 g/mol. The largest absolute Gasteiger partial charge is 0.399 e. The number of thiazole rings is 1. The number of aromatic nitrogens is 1. The molecule has 0 bridgehead atoms. The van der Waals surface area contributed by atoms with Gasteiger partial charge in [0.1, 0.15) is 0 Å². The molecule has 3 rings (SSSR count). The molecule has 6 heteroatoms. The van der Waals surface area contributed by atoms with Crippen LogP contribution in [0.1, 0.15) is 19.3 Å². The number of carbonyl (C=O) groups is 1. The molecule has 2 aromatic rings. The number of likely N-dealkylation sites (tertiary alicyclic amines) is 1. The van der Waals surface area contributed by atoms with Crippen LogP contribution in [0, 0.1) is 0 Å². The highest BCUT2D eigenvalue weighted by Crippen LogP contribution is 2.30. The molecule has 0 spiro atoms. The lowest BCUT2D eigenvalue weighted by Gasteiger charge is -2.26. The molecule has 0 radical (unpaired) electrons. The number of thioether (sulfide) groups is 1. The van der Waals surface area contributed by atoms with Gasteiger partial charge in [-0.05, 0) is 37.5 Å². The summed E-state index contributed by atoms with van der Waals surface area (Å²) in [5, 5.41) is 0. The van der Waals surface area contributed by atoms with Crippen LogP contribution in [0.25, 0.3) is 10.2 Å². The van der Waals surface area contributed by atoms with Gasteiger partial charge in [-0.15, -0.1) is 11.3 Å². The number of benzene rings is 1. The summed E-state index contributed by atoms with van der Waals surface area (Å²) in [6.07, 6.45) is 3.52. The Hall–Kier alpha value is -1.27. The Morgan fingerprint density at radius 1 is 1.35 bits per heavy atom. The van der Waals surface area contributed by atoms with Gasteiger partial charge in [0.05, 0.1) is 16.0 Å². The van der Waals surface area contributed by atoms with Crippen LogP contribution < -0.4 is 5.73 Å². The Morgan fingerprint density at radius 3 is 2.95 bits per heavy atom. The standard InChI is InChI=1S/C14H17N3OS2/c15-10-4-5-11-12(8-10)20-14(16-11)19-9-13(18)17-6-2-1-3-7-17/h4-5,8H,1-3,6-7,9,15H2. The Balaban J connectivity index is 1.63. The van der Waals surface area contributed by atoms with Crippen molar-refractivity contribution in [3.8, 4) is 0 Å². The van der Waals surface area contributed by atoms with Crippen LogP contribution in [0.5, 0.6) is 0 Å². The van der Waals surface area contributed by atoms with E-state index in [0.717, 1.165) is 46.2 Å². The lowest BCUT2D eigenvalue weighted by molar-refractivity contribution is -0.129. The van der Waals surface area contributed by atoms with Crippen molar-refractivity contribution in [3.63, 3.8) is 0 Å². The van der Waals surface area contributed by atoms with E-state index in [9.17, 15) is 4.79 Å². The minimum atomic E-state index is 0.230. The van der Waals surface area contributed by atoms with Gasteiger partial charge >= 0.3 is 0 Å². The van der Waals surface area contributed by atoms with Crippen LogP contribution in [-0.4, -0.2) is 34.6 Å². The minimum absolute atomic E-state index is 0.230. The zero-order valence-electron chi connectivity index (χ0n) is 11.2. The summed E-state index contributed by atoms with van der Waals surface area (Å²) in [4.78, 5) is 18.6. The van der Waals surface area contributed by atoms with E-state index in [-0.39, 0.29) is 5.91 Å². The first-order valence-electron chi connectivity index (χ1n) is 6.79. The fourth-order valence-corrected chi connectivity index (χ4v) is 4.36. The molecule has 1 saturated heterocycles. The average Bonchev–Trinajstić information content (AvgIpc) is 2.87. The summed E-state index contributed by atoms with van der Waals surface area (Å²) in [5.41, 5.74) is 7.47. The molecular formula is C14H17N3OS2. The highest BCUT2D eigenvalue weighted by molar-refractivity contribution is 8.01. The van der Waals surface area contributed by atoms with E-state index in [1.165, 1.54) is 18.2 Å².